The molecule has 0 bridgehead atoms. The zero-order valence-electron chi connectivity index (χ0n) is 9.46. The quantitative estimate of drug-likeness (QED) is 0.762. The first-order chi connectivity index (χ1) is 8.01. The third-order valence-electron chi connectivity index (χ3n) is 2.16. The third kappa shape index (κ3) is 2.78. The maximum absolute atomic E-state index is 12.7. The first-order valence-electron chi connectivity index (χ1n) is 5.01. The maximum Gasteiger partial charge on any atom is 0.339 e. The highest BCUT2D eigenvalue weighted by Gasteiger charge is 2.21. The van der Waals surface area contributed by atoms with E-state index in [0.717, 1.165) is 0 Å². The molecule has 0 aliphatic rings. The number of ether oxygens (including phenoxy) is 1. The molecular weight excluding hydrogens is 228 g/mol. The van der Waals surface area contributed by atoms with Gasteiger partial charge in [-0.05, 0) is 31.5 Å². The fourth-order valence-electron chi connectivity index (χ4n) is 1.48. The van der Waals surface area contributed by atoms with Crippen molar-refractivity contribution in [1.82, 2.24) is 0 Å². The second-order valence-corrected chi connectivity index (χ2v) is 3.41. The van der Waals surface area contributed by atoms with E-state index in [1.165, 1.54) is 12.1 Å². The number of hydrogen-bond donors (Lipinski definition) is 0. The van der Waals surface area contributed by atoms with Gasteiger partial charge in [0.05, 0.1) is 17.7 Å². The minimum absolute atomic E-state index is 0.107. The van der Waals surface area contributed by atoms with Gasteiger partial charge in [0.15, 0.2) is 0 Å². The van der Waals surface area contributed by atoms with Crippen LogP contribution in [0.5, 0.6) is 0 Å². The van der Waals surface area contributed by atoms with Crippen LogP contribution in [0, 0.1) is 18.3 Å². The monoisotopic (exact) mass is 239 g/mol. The van der Waals surface area contributed by atoms with Crippen molar-refractivity contribution in [2.75, 3.05) is 6.61 Å². The van der Waals surface area contributed by atoms with Gasteiger partial charge in [0, 0.05) is 5.56 Å². The molecule has 0 N–H and O–H groups in total. The molecule has 0 radical (unpaired) electrons. The predicted octanol–water partition coefficient (Wildman–Crippen LogP) is 2.98. The Bertz CT molecular complexity index is 478. The van der Waals surface area contributed by atoms with Gasteiger partial charge in [0.2, 0.25) is 0 Å². The van der Waals surface area contributed by atoms with Gasteiger partial charge in [-0.1, -0.05) is 0 Å². The van der Waals surface area contributed by atoms with Crippen molar-refractivity contribution in [3.05, 3.63) is 34.4 Å². The van der Waals surface area contributed by atoms with Gasteiger partial charge < -0.3 is 4.74 Å². The Morgan fingerprint density at radius 1 is 1.53 bits per heavy atom. The Morgan fingerprint density at radius 2 is 2.18 bits per heavy atom. The van der Waals surface area contributed by atoms with E-state index in [0.29, 0.717) is 5.56 Å². The topological polar surface area (TPSA) is 50.1 Å². The molecule has 1 aromatic carbocycles. The van der Waals surface area contributed by atoms with Gasteiger partial charge in [0.25, 0.3) is 6.43 Å². The fraction of sp³-hybridized carbons (Fsp3) is 0.333. The highest BCUT2D eigenvalue weighted by atomic mass is 19.3. The van der Waals surface area contributed by atoms with Crippen LogP contribution in [0.1, 0.15) is 40.4 Å². The van der Waals surface area contributed by atoms with E-state index in [4.69, 9.17) is 10.00 Å². The third-order valence-corrected chi connectivity index (χ3v) is 2.16. The Balaban J connectivity index is 3.39. The molecule has 0 aliphatic carbocycles. The first-order valence-corrected chi connectivity index (χ1v) is 5.01. The Morgan fingerprint density at radius 3 is 2.65 bits per heavy atom. The maximum atomic E-state index is 12.7. The van der Waals surface area contributed by atoms with Crippen LogP contribution in [-0.2, 0) is 4.74 Å². The first kappa shape index (κ1) is 13.1. The average molecular weight is 239 g/mol. The van der Waals surface area contributed by atoms with Crippen LogP contribution in [0.3, 0.4) is 0 Å². The molecule has 0 aromatic heterocycles. The lowest BCUT2D eigenvalue weighted by Gasteiger charge is -2.09. The molecule has 0 saturated heterocycles. The smallest absolute Gasteiger partial charge is 0.339 e. The number of alkyl halides is 2. The molecule has 1 rings (SSSR count). The number of halogens is 2. The van der Waals surface area contributed by atoms with Crippen LogP contribution >= 0.6 is 0 Å². The number of nitriles is 1. The van der Waals surface area contributed by atoms with Crippen molar-refractivity contribution in [3.8, 4) is 6.07 Å². The van der Waals surface area contributed by atoms with Gasteiger partial charge in [-0.2, -0.15) is 5.26 Å². The van der Waals surface area contributed by atoms with Crippen molar-refractivity contribution in [2.45, 2.75) is 20.3 Å². The molecule has 5 heteroatoms. The minimum atomic E-state index is -2.79. The summed E-state index contributed by atoms with van der Waals surface area (Å²) in [7, 11) is 0. The number of carbonyl (C=O) groups excluding carboxylic acids is 1. The Kier molecular flexibility index (Phi) is 4.16. The molecule has 0 amide bonds. The van der Waals surface area contributed by atoms with E-state index in [9.17, 15) is 13.6 Å². The standard InChI is InChI=1S/C12H11F2NO2/c1-3-17-12(16)9-5-7(2)4-8(11(13)14)10(9)6-15/h4-5,11H,3H2,1-2H3. The van der Waals surface area contributed by atoms with Crippen molar-refractivity contribution in [1.29, 1.82) is 5.26 Å². The molecule has 0 saturated carbocycles. The summed E-state index contributed by atoms with van der Waals surface area (Å²) in [6.07, 6.45) is -2.79. The number of carbonyl (C=O) groups is 1. The van der Waals surface area contributed by atoms with Crippen LogP contribution in [-0.4, -0.2) is 12.6 Å². The number of rotatable bonds is 3. The van der Waals surface area contributed by atoms with Gasteiger partial charge >= 0.3 is 5.97 Å². The number of esters is 1. The predicted molar refractivity (Wildman–Crippen MR) is 56.8 cm³/mol. The summed E-state index contributed by atoms with van der Waals surface area (Å²) in [6.45, 7) is 3.31. The summed E-state index contributed by atoms with van der Waals surface area (Å²) in [6, 6.07) is 4.21. The molecule has 0 unspecified atom stereocenters. The molecule has 90 valence electrons. The summed E-state index contributed by atoms with van der Waals surface area (Å²) < 4.78 is 30.2. The molecule has 0 aliphatic heterocycles. The molecule has 0 atom stereocenters. The molecule has 0 heterocycles. The minimum Gasteiger partial charge on any atom is -0.462 e. The normalized spacial score (nSPS) is 10.1. The number of aryl methyl sites for hydroxylation is 1. The lowest BCUT2D eigenvalue weighted by atomic mass is 9.99. The largest absolute Gasteiger partial charge is 0.462 e. The van der Waals surface area contributed by atoms with Crippen molar-refractivity contribution < 1.29 is 18.3 Å². The Hall–Kier alpha value is -1.96. The van der Waals surface area contributed by atoms with Crippen molar-refractivity contribution in [3.63, 3.8) is 0 Å². The number of benzene rings is 1. The lowest BCUT2D eigenvalue weighted by molar-refractivity contribution is 0.0525. The molecule has 0 fully saturated rings. The Labute approximate surface area is 97.6 Å². The molecule has 3 nitrogen and oxygen atoms in total. The highest BCUT2D eigenvalue weighted by Crippen LogP contribution is 2.27. The summed E-state index contributed by atoms with van der Waals surface area (Å²) in [5.41, 5.74) is -0.369. The SMILES string of the molecule is CCOC(=O)c1cc(C)cc(C(F)F)c1C#N. The zero-order valence-corrected chi connectivity index (χ0v) is 9.46. The van der Waals surface area contributed by atoms with Crippen LogP contribution < -0.4 is 0 Å². The van der Waals surface area contributed by atoms with Crippen LogP contribution in [0.25, 0.3) is 0 Å². The number of hydrogen-bond acceptors (Lipinski definition) is 3. The molecule has 1 aromatic rings. The molecule has 0 spiro atoms. The van der Waals surface area contributed by atoms with E-state index in [2.05, 4.69) is 0 Å². The van der Waals surface area contributed by atoms with Gasteiger partial charge in [-0.3, -0.25) is 0 Å². The van der Waals surface area contributed by atoms with Crippen molar-refractivity contribution in [2.24, 2.45) is 0 Å². The number of nitrogens with zero attached hydrogens (tertiary/aromatic N) is 1. The highest BCUT2D eigenvalue weighted by molar-refractivity contribution is 5.93. The lowest BCUT2D eigenvalue weighted by Crippen LogP contribution is -2.09. The van der Waals surface area contributed by atoms with Gasteiger partial charge in [-0.25, -0.2) is 13.6 Å². The summed E-state index contributed by atoms with van der Waals surface area (Å²) in [5.74, 6) is -0.755. The van der Waals surface area contributed by atoms with E-state index in [1.54, 1.807) is 19.9 Å². The van der Waals surface area contributed by atoms with Gasteiger partial charge in [0.1, 0.15) is 6.07 Å². The van der Waals surface area contributed by atoms with Crippen LogP contribution in [0.4, 0.5) is 8.78 Å². The van der Waals surface area contributed by atoms with E-state index >= 15 is 0 Å². The van der Waals surface area contributed by atoms with E-state index in [-0.39, 0.29) is 17.7 Å². The fourth-order valence-corrected chi connectivity index (χ4v) is 1.48. The zero-order chi connectivity index (χ0) is 13.0. The average Bonchev–Trinajstić information content (AvgIpc) is 2.28. The summed E-state index contributed by atoms with van der Waals surface area (Å²) in [4.78, 5) is 11.5. The van der Waals surface area contributed by atoms with Gasteiger partial charge in [-0.15, -0.1) is 0 Å². The summed E-state index contributed by atoms with van der Waals surface area (Å²) in [5, 5.41) is 8.87. The van der Waals surface area contributed by atoms with Crippen molar-refractivity contribution >= 4 is 5.97 Å². The second kappa shape index (κ2) is 5.39. The van der Waals surface area contributed by atoms with Crippen LogP contribution in [0.15, 0.2) is 12.1 Å². The van der Waals surface area contributed by atoms with E-state index in [1.807, 2.05) is 0 Å². The second-order valence-electron chi connectivity index (χ2n) is 3.41. The molecule has 17 heavy (non-hydrogen) atoms. The molecular formula is C12H11F2NO2. The van der Waals surface area contributed by atoms with E-state index < -0.39 is 18.0 Å². The summed E-state index contributed by atoms with van der Waals surface area (Å²) >= 11 is 0. The van der Waals surface area contributed by atoms with Crippen LogP contribution in [0.2, 0.25) is 0 Å².